The first-order valence-electron chi connectivity index (χ1n) is 8.42. The average Bonchev–Trinajstić information content (AvgIpc) is 3.12. The number of fused-ring (bicyclic) bond motifs is 1. The molecule has 0 atom stereocenters. The van der Waals surface area contributed by atoms with Gasteiger partial charge in [0.1, 0.15) is 5.69 Å². The molecule has 1 aliphatic rings. The molecule has 0 spiro atoms. The summed E-state index contributed by atoms with van der Waals surface area (Å²) in [5, 5.41) is 1.49. The number of hydrogen-bond acceptors (Lipinski definition) is 5. The van der Waals surface area contributed by atoms with Crippen LogP contribution in [0.4, 0.5) is 0 Å². The Kier molecular flexibility index (Phi) is 4.71. The van der Waals surface area contributed by atoms with Gasteiger partial charge in [0.25, 0.3) is 5.91 Å². The summed E-state index contributed by atoms with van der Waals surface area (Å²) in [5.41, 5.74) is 8.62. The summed E-state index contributed by atoms with van der Waals surface area (Å²) in [4.78, 5) is 19.3. The van der Waals surface area contributed by atoms with Crippen molar-refractivity contribution in [2.45, 2.75) is 13.5 Å². The third kappa shape index (κ3) is 3.01. The zero-order chi connectivity index (χ0) is 18.3. The number of nitrogens with two attached hydrogens (primary N) is 1. The highest BCUT2D eigenvalue weighted by molar-refractivity contribution is 7.18. The van der Waals surface area contributed by atoms with Crippen LogP contribution >= 0.6 is 22.9 Å². The number of aromatic nitrogens is 2. The lowest BCUT2D eigenvalue weighted by molar-refractivity contribution is 0.0342. The minimum Gasteiger partial charge on any atom is -0.379 e. The standard InChI is InChI=1S/C18H19ClN4O2S/c1-11-21-18-16(26-11)12(10-22-6-8-25-9-7-22)15(17(20)24)23(18)14-5-3-2-4-13(14)19/h2-5H,6-10H2,1H3,(H2,20,24). The van der Waals surface area contributed by atoms with Gasteiger partial charge in [-0.3, -0.25) is 14.3 Å². The summed E-state index contributed by atoms with van der Waals surface area (Å²) >= 11 is 8.00. The fourth-order valence-electron chi connectivity index (χ4n) is 3.37. The maximum absolute atomic E-state index is 12.4. The van der Waals surface area contributed by atoms with Crippen molar-refractivity contribution in [3.63, 3.8) is 0 Å². The van der Waals surface area contributed by atoms with E-state index in [1.54, 1.807) is 22.0 Å². The van der Waals surface area contributed by atoms with Crippen LogP contribution in [-0.4, -0.2) is 46.7 Å². The van der Waals surface area contributed by atoms with Crippen molar-refractivity contribution < 1.29 is 9.53 Å². The number of nitrogens with zero attached hydrogens (tertiary/aromatic N) is 3. The molecule has 0 bridgehead atoms. The molecule has 26 heavy (non-hydrogen) atoms. The van der Waals surface area contributed by atoms with E-state index in [0.29, 0.717) is 36.2 Å². The van der Waals surface area contributed by atoms with Crippen LogP contribution in [0, 0.1) is 6.92 Å². The molecule has 1 saturated heterocycles. The number of morpholine rings is 1. The molecule has 1 amide bonds. The van der Waals surface area contributed by atoms with Crippen LogP contribution in [0.1, 0.15) is 21.1 Å². The molecule has 2 aromatic heterocycles. The second kappa shape index (κ2) is 7.00. The molecule has 8 heteroatoms. The van der Waals surface area contributed by atoms with Gasteiger partial charge < -0.3 is 10.5 Å². The second-order valence-electron chi connectivity index (χ2n) is 6.25. The smallest absolute Gasteiger partial charge is 0.266 e. The van der Waals surface area contributed by atoms with Crippen LogP contribution < -0.4 is 5.73 Å². The van der Waals surface area contributed by atoms with E-state index in [9.17, 15) is 4.79 Å². The number of aryl methyl sites for hydroxylation is 1. The topological polar surface area (TPSA) is 73.4 Å². The molecule has 136 valence electrons. The quantitative estimate of drug-likeness (QED) is 0.743. The lowest BCUT2D eigenvalue weighted by atomic mass is 10.2. The average molecular weight is 391 g/mol. The second-order valence-corrected chi connectivity index (χ2v) is 7.86. The number of carbonyl (C=O) groups excluding carboxylic acids is 1. The monoisotopic (exact) mass is 390 g/mol. The van der Waals surface area contributed by atoms with Crippen LogP contribution in [0.15, 0.2) is 24.3 Å². The van der Waals surface area contributed by atoms with Crippen LogP contribution in [-0.2, 0) is 11.3 Å². The van der Waals surface area contributed by atoms with E-state index in [1.165, 1.54) is 0 Å². The van der Waals surface area contributed by atoms with Crippen molar-refractivity contribution >= 4 is 39.2 Å². The summed E-state index contributed by atoms with van der Waals surface area (Å²) in [7, 11) is 0. The number of amides is 1. The van der Waals surface area contributed by atoms with Gasteiger partial charge >= 0.3 is 0 Å². The largest absolute Gasteiger partial charge is 0.379 e. The number of primary amides is 1. The molecule has 2 N–H and O–H groups in total. The Morgan fingerprint density at radius 3 is 2.77 bits per heavy atom. The minimum absolute atomic E-state index is 0.457. The van der Waals surface area contributed by atoms with E-state index < -0.39 is 5.91 Å². The number of thiazole rings is 1. The van der Waals surface area contributed by atoms with E-state index in [0.717, 1.165) is 34.0 Å². The number of benzene rings is 1. The van der Waals surface area contributed by atoms with Crippen LogP contribution in [0.5, 0.6) is 0 Å². The van der Waals surface area contributed by atoms with Crippen LogP contribution in [0.3, 0.4) is 0 Å². The predicted octanol–water partition coefficient (Wildman–Crippen LogP) is 2.98. The normalized spacial score (nSPS) is 15.6. The first-order valence-corrected chi connectivity index (χ1v) is 9.61. The maximum atomic E-state index is 12.4. The summed E-state index contributed by atoms with van der Waals surface area (Å²) in [6, 6.07) is 7.42. The molecule has 0 aliphatic carbocycles. The van der Waals surface area contributed by atoms with Gasteiger partial charge in [-0.1, -0.05) is 23.7 Å². The van der Waals surface area contributed by atoms with Gasteiger partial charge in [0.05, 0.1) is 33.6 Å². The van der Waals surface area contributed by atoms with Crippen LogP contribution in [0.2, 0.25) is 5.02 Å². The molecule has 3 heterocycles. The Labute approximate surface area is 160 Å². The number of rotatable bonds is 4. The molecule has 3 aromatic rings. The van der Waals surface area contributed by atoms with E-state index in [4.69, 9.17) is 22.1 Å². The van der Waals surface area contributed by atoms with Gasteiger partial charge in [-0.25, -0.2) is 4.98 Å². The van der Waals surface area contributed by atoms with Crippen molar-refractivity contribution in [1.29, 1.82) is 0 Å². The lowest BCUT2D eigenvalue weighted by Crippen LogP contribution is -2.36. The molecule has 6 nitrogen and oxygen atoms in total. The number of hydrogen-bond donors (Lipinski definition) is 1. The third-order valence-corrected chi connectivity index (χ3v) is 5.86. The lowest BCUT2D eigenvalue weighted by Gasteiger charge is -2.26. The minimum atomic E-state index is -0.476. The molecule has 0 radical (unpaired) electrons. The summed E-state index contributed by atoms with van der Waals surface area (Å²) < 4.78 is 8.22. The van der Waals surface area contributed by atoms with Crippen molar-refractivity contribution in [3.05, 3.63) is 45.6 Å². The number of para-hydroxylation sites is 1. The Bertz CT molecular complexity index is 975. The van der Waals surface area contributed by atoms with Gasteiger partial charge in [0.15, 0.2) is 5.65 Å². The first kappa shape index (κ1) is 17.5. The van der Waals surface area contributed by atoms with E-state index in [2.05, 4.69) is 9.88 Å². The molecule has 0 unspecified atom stereocenters. The highest BCUT2D eigenvalue weighted by atomic mass is 35.5. The van der Waals surface area contributed by atoms with Crippen molar-refractivity contribution in [2.24, 2.45) is 5.73 Å². The zero-order valence-corrected chi connectivity index (χ0v) is 15.9. The molecular weight excluding hydrogens is 372 g/mol. The van der Waals surface area contributed by atoms with Gasteiger partial charge in [0, 0.05) is 25.2 Å². The van der Waals surface area contributed by atoms with E-state index in [-0.39, 0.29) is 0 Å². The van der Waals surface area contributed by atoms with Gasteiger partial charge in [-0.2, -0.15) is 0 Å². The molecule has 1 aliphatic heterocycles. The Morgan fingerprint density at radius 1 is 1.35 bits per heavy atom. The summed E-state index contributed by atoms with van der Waals surface area (Å²) in [5.74, 6) is -0.476. The molecular formula is C18H19ClN4O2S. The fraction of sp³-hybridized carbons (Fsp3) is 0.333. The fourth-order valence-corrected chi connectivity index (χ4v) is 4.53. The first-order chi connectivity index (χ1) is 12.6. The molecule has 1 fully saturated rings. The number of carbonyl (C=O) groups is 1. The highest BCUT2D eigenvalue weighted by Crippen LogP contribution is 2.36. The maximum Gasteiger partial charge on any atom is 0.266 e. The Morgan fingerprint density at radius 2 is 2.08 bits per heavy atom. The number of halogens is 1. The van der Waals surface area contributed by atoms with Crippen molar-refractivity contribution in [2.75, 3.05) is 26.3 Å². The molecule has 4 rings (SSSR count). The predicted molar refractivity (Wildman–Crippen MR) is 103 cm³/mol. The van der Waals surface area contributed by atoms with Gasteiger partial charge in [-0.05, 0) is 19.1 Å². The SMILES string of the molecule is Cc1nc2c(s1)c(CN1CCOCC1)c(C(N)=O)n2-c1ccccc1Cl. The third-order valence-electron chi connectivity index (χ3n) is 4.52. The Hall–Kier alpha value is -1.93. The summed E-state index contributed by atoms with van der Waals surface area (Å²) in [6.07, 6.45) is 0. The highest BCUT2D eigenvalue weighted by Gasteiger charge is 2.27. The van der Waals surface area contributed by atoms with Gasteiger partial charge in [0.2, 0.25) is 0 Å². The van der Waals surface area contributed by atoms with Crippen molar-refractivity contribution in [1.82, 2.24) is 14.5 Å². The molecule has 1 aromatic carbocycles. The Balaban J connectivity index is 1.94. The van der Waals surface area contributed by atoms with E-state index in [1.807, 2.05) is 25.1 Å². The summed E-state index contributed by atoms with van der Waals surface area (Å²) in [6.45, 7) is 5.65. The van der Waals surface area contributed by atoms with E-state index >= 15 is 0 Å². The molecule has 0 saturated carbocycles. The van der Waals surface area contributed by atoms with Crippen LogP contribution in [0.25, 0.3) is 16.0 Å². The van der Waals surface area contributed by atoms with Gasteiger partial charge in [-0.15, -0.1) is 11.3 Å². The zero-order valence-electron chi connectivity index (χ0n) is 14.4. The number of ether oxygens (including phenoxy) is 1. The van der Waals surface area contributed by atoms with Crippen molar-refractivity contribution in [3.8, 4) is 5.69 Å².